The minimum Gasteiger partial charge on any atom is -0.372 e. The lowest BCUT2D eigenvalue weighted by atomic mass is 10.1. The third-order valence-electron chi connectivity index (χ3n) is 3.61. The van der Waals surface area contributed by atoms with Crippen LogP contribution in [0.25, 0.3) is 0 Å². The molecule has 0 atom stereocenters. The van der Waals surface area contributed by atoms with Crippen LogP contribution < -0.4 is 10.2 Å². The Morgan fingerprint density at radius 2 is 1.94 bits per heavy atom. The molecule has 0 unspecified atom stereocenters. The van der Waals surface area contributed by atoms with Gasteiger partial charge in [0.2, 0.25) is 0 Å². The van der Waals surface area contributed by atoms with Crippen LogP contribution in [0.15, 0.2) is 18.2 Å². The lowest BCUT2D eigenvalue weighted by Gasteiger charge is -2.29. The first-order valence-electron chi connectivity index (χ1n) is 6.86. The summed E-state index contributed by atoms with van der Waals surface area (Å²) >= 11 is 0. The van der Waals surface area contributed by atoms with Gasteiger partial charge in [0.25, 0.3) is 0 Å². The Bertz CT molecular complexity index is 354. The maximum absolute atomic E-state index is 3.39. The van der Waals surface area contributed by atoms with Crippen molar-refractivity contribution in [3.8, 4) is 0 Å². The van der Waals surface area contributed by atoms with Crippen LogP contribution in [0.4, 0.5) is 5.69 Å². The minimum atomic E-state index is 0.989. The number of piperidine rings is 1. The molecule has 0 radical (unpaired) electrons. The van der Waals surface area contributed by atoms with Crippen LogP contribution in [0.2, 0.25) is 0 Å². The third kappa shape index (κ3) is 3.22. The van der Waals surface area contributed by atoms with Crippen LogP contribution in [-0.2, 0) is 6.54 Å². The van der Waals surface area contributed by atoms with Gasteiger partial charge in [0.05, 0.1) is 0 Å². The molecular formula is C15H24N2. The van der Waals surface area contributed by atoms with Gasteiger partial charge in [-0.1, -0.05) is 13.0 Å². The van der Waals surface area contributed by atoms with Gasteiger partial charge in [-0.3, -0.25) is 0 Å². The zero-order valence-electron chi connectivity index (χ0n) is 11.1. The number of nitrogens with zero attached hydrogens (tertiary/aromatic N) is 1. The second-order valence-electron chi connectivity index (χ2n) is 4.94. The zero-order valence-corrected chi connectivity index (χ0v) is 11.1. The Labute approximate surface area is 105 Å². The largest absolute Gasteiger partial charge is 0.372 e. The molecule has 1 aromatic rings. The SMILES string of the molecule is CCNCc1ccc(N2CCCCC2)cc1C. The molecule has 1 saturated heterocycles. The molecule has 0 saturated carbocycles. The van der Waals surface area contributed by atoms with Gasteiger partial charge in [-0.15, -0.1) is 0 Å². The highest BCUT2D eigenvalue weighted by molar-refractivity contribution is 5.51. The quantitative estimate of drug-likeness (QED) is 0.858. The van der Waals surface area contributed by atoms with Gasteiger partial charge < -0.3 is 10.2 Å². The summed E-state index contributed by atoms with van der Waals surface area (Å²) in [4.78, 5) is 2.52. The van der Waals surface area contributed by atoms with Crippen molar-refractivity contribution in [1.29, 1.82) is 0 Å². The van der Waals surface area contributed by atoms with Gasteiger partial charge >= 0.3 is 0 Å². The molecular weight excluding hydrogens is 208 g/mol. The van der Waals surface area contributed by atoms with Crippen LogP contribution in [0, 0.1) is 6.92 Å². The van der Waals surface area contributed by atoms with Crippen molar-refractivity contribution in [3.05, 3.63) is 29.3 Å². The van der Waals surface area contributed by atoms with Gasteiger partial charge in [0.15, 0.2) is 0 Å². The fourth-order valence-corrected chi connectivity index (χ4v) is 2.49. The molecule has 94 valence electrons. The molecule has 2 heteroatoms. The highest BCUT2D eigenvalue weighted by atomic mass is 15.1. The predicted molar refractivity (Wildman–Crippen MR) is 74.6 cm³/mol. The van der Waals surface area contributed by atoms with Crippen LogP contribution in [0.3, 0.4) is 0 Å². The summed E-state index contributed by atoms with van der Waals surface area (Å²) in [5.74, 6) is 0. The summed E-state index contributed by atoms with van der Waals surface area (Å²) in [6.45, 7) is 8.85. The summed E-state index contributed by atoms with van der Waals surface area (Å²) in [6, 6.07) is 6.91. The molecule has 17 heavy (non-hydrogen) atoms. The van der Waals surface area contributed by atoms with E-state index >= 15 is 0 Å². The molecule has 0 aromatic heterocycles. The van der Waals surface area contributed by atoms with Gasteiger partial charge in [-0.2, -0.15) is 0 Å². The first kappa shape index (κ1) is 12.4. The first-order chi connectivity index (χ1) is 8.31. The maximum atomic E-state index is 3.39. The number of hydrogen-bond acceptors (Lipinski definition) is 2. The van der Waals surface area contributed by atoms with Crippen molar-refractivity contribution >= 4 is 5.69 Å². The molecule has 1 N–H and O–H groups in total. The van der Waals surface area contributed by atoms with E-state index in [1.165, 1.54) is 49.2 Å². The summed E-state index contributed by atoms with van der Waals surface area (Å²) in [5, 5.41) is 3.39. The van der Waals surface area contributed by atoms with Crippen LogP contribution in [-0.4, -0.2) is 19.6 Å². The predicted octanol–water partition coefficient (Wildman–Crippen LogP) is 3.09. The van der Waals surface area contributed by atoms with Gasteiger partial charge in [-0.05, 0) is 56.0 Å². The van der Waals surface area contributed by atoms with Crippen LogP contribution in [0.1, 0.15) is 37.3 Å². The first-order valence-corrected chi connectivity index (χ1v) is 6.86. The van der Waals surface area contributed by atoms with E-state index in [0.717, 1.165) is 13.1 Å². The smallest absolute Gasteiger partial charge is 0.0369 e. The van der Waals surface area contributed by atoms with E-state index in [0.29, 0.717) is 0 Å². The van der Waals surface area contributed by atoms with E-state index in [-0.39, 0.29) is 0 Å². The Morgan fingerprint density at radius 3 is 2.59 bits per heavy atom. The monoisotopic (exact) mass is 232 g/mol. The number of aryl methyl sites for hydroxylation is 1. The minimum absolute atomic E-state index is 0.989. The van der Waals surface area contributed by atoms with E-state index in [1.54, 1.807) is 0 Å². The topological polar surface area (TPSA) is 15.3 Å². The van der Waals surface area contributed by atoms with Crippen molar-refractivity contribution < 1.29 is 0 Å². The summed E-state index contributed by atoms with van der Waals surface area (Å²) < 4.78 is 0. The fraction of sp³-hybridized carbons (Fsp3) is 0.600. The zero-order chi connectivity index (χ0) is 12.1. The number of rotatable bonds is 4. The Kier molecular flexibility index (Phi) is 4.43. The molecule has 1 aromatic carbocycles. The van der Waals surface area contributed by atoms with Crippen molar-refractivity contribution in [2.45, 2.75) is 39.7 Å². The van der Waals surface area contributed by atoms with Crippen molar-refractivity contribution in [2.24, 2.45) is 0 Å². The Balaban J connectivity index is 2.06. The number of anilines is 1. The van der Waals surface area contributed by atoms with Gasteiger partial charge in [0, 0.05) is 25.3 Å². The third-order valence-corrected chi connectivity index (χ3v) is 3.61. The molecule has 1 fully saturated rings. The Hall–Kier alpha value is -1.02. The molecule has 0 aliphatic carbocycles. The van der Waals surface area contributed by atoms with Gasteiger partial charge in [-0.25, -0.2) is 0 Å². The van der Waals surface area contributed by atoms with Crippen LogP contribution in [0.5, 0.6) is 0 Å². The lowest BCUT2D eigenvalue weighted by molar-refractivity contribution is 0.577. The van der Waals surface area contributed by atoms with Crippen LogP contribution >= 0.6 is 0 Å². The van der Waals surface area contributed by atoms with Crippen molar-refractivity contribution in [3.63, 3.8) is 0 Å². The summed E-state index contributed by atoms with van der Waals surface area (Å²) in [5.41, 5.74) is 4.24. The average Bonchev–Trinajstić information content (AvgIpc) is 2.38. The summed E-state index contributed by atoms with van der Waals surface area (Å²) in [6.07, 6.45) is 4.09. The highest BCUT2D eigenvalue weighted by Crippen LogP contribution is 2.22. The second-order valence-corrected chi connectivity index (χ2v) is 4.94. The van der Waals surface area contributed by atoms with Crippen molar-refractivity contribution in [1.82, 2.24) is 5.32 Å². The van der Waals surface area contributed by atoms with E-state index in [2.05, 4.69) is 42.3 Å². The molecule has 0 amide bonds. The molecule has 1 aliphatic heterocycles. The molecule has 0 bridgehead atoms. The maximum Gasteiger partial charge on any atom is 0.0369 e. The Morgan fingerprint density at radius 1 is 1.18 bits per heavy atom. The average molecular weight is 232 g/mol. The van der Waals surface area contributed by atoms with Crippen molar-refractivity contribution in [2.75, 3.05) is 24.5 Å². The van der Waals surface area contributed by atoms with E-state index in [1.807, 2.05) is 0 Å². The molecule has 2 rings (SSSR count). The highest BCUT2D eigenvalue weighted by Gasteiger charge is 2.11. The summed E-state index contributed by atoms with van der Waals surface area (Å²) in [7, 11) is 0. The lowest BCUT2D eigenvalue weighted by Crippen LogP contribution is -2.29. The van der Waals surface area contributed by atoms with E-state index in [9.17, 15) is 0 Å². The molecule has 1 aliphatic rings. The standard InChI is InChI=1S/C15H24N2/c1-3-16-12-14-7-8-15(11-13(14)2)17-9-5-4-6-10-17/h7-8,11,16H,3-6,9-10,12H2,1-2H3. The molecule has 0 spiro atoms. The number of hydrogen-bond donors (Lipinski definition) is 1. The van der Waals surface area contributed by atoms with E-state index < -0.39 is 0 Å². The number of benzene rings is 1. The fourth-order valence-electron chi connectivity index (χ4n) is 2.49. The molecule has 1 heterocycles. The van der Waals surface area contributed by atoms with Gasteiger partial charge in [0.1, 0.15) is 0 Å². The second kappa shape index (κ2) is 6.06. The number of nitrogens with one attached hydrogen (secondary N) is 1. The molecule has 2 nitrogen and oxygen atoms in total. The normalized spacial score (nSPS) is 16.2. The van der Waals surface area contributed by atoms with E-state index in [4.69, 9.17) is 0 Å².